The van der Waals surface area contributed by atoms with Gasteiger partial charge >= 0.3 is 0 Å². The lowest BCUT2D eigenvalue weighted by molar-refractivity contribution is 0.223. The fourth-order valence-corrected chi connectivity index (χ4v) is 4.40. The predicted molar refractivity (Wildman–Crippen MR) is 125 cm³/mol. The van der Waals surface area contributed by atoms with Crippen molar-refractivity contribution in [3.8, 4) is 17.0 Å². The quantitative estimate of drug-likeness (QED) is 0.471. The van der Waals surface area contributed by atoms with Crippen molar-refractivity contribution in [2.24, 2.45) is 7.05 Å². The molecule has 170 valence electrons. The molecule has 5 rings (SSSR count). The first-order valence-corrected chi connectivity index (χ1v) is 10.8. The van der Waals surface area contributed by atoms with E-state index in [0.717, 1.165) is 54.1 Å². The van der Waals surface area contributed by atoms with Crippen LogP contribution >= 0.6 is 24.0 Å². The SMILES string of the molecule is Cc1c(-c2cc(O[C@H](C)c3ccn(C)n3)c3c(Cl)cnn3c2)nnn1C1CCNCC1.Cl. The Morgan fingerprint density at radius 3 is 2.78 bits per heavy atom. The summed E-state index contributed by atoms with van der Waals surface area (Å²) in [6.45, 7) is 6.03. The summed E-state index contributed by atoms with van der Waals surface area (Å²) in [5, 5.41) is 21.8. The third kappa shape index (κ3) is 4.07. The largest absolute Gasteiger partial charge is 0.482 e. The number of nitrogens with zero attached hydrogens (tertiary/aromatic N) is 7. The average Bonchev–Trinajstić information content (AvgIpc) is 3.47. The third-order valence-electron chi connectivity index (χ3n) is 5.84. The van der Waals surface area contributed by atoms with Crippen LogP contribution < -0.4 is 10.1 Å². The standard InChI is InChI=1S/C21H25ClN8O.ClH/c1-13-20(25-27-30(13)16-4-7-23-8-5-16)15-10-19(21-17(22)11-24-29(21)12-15)31-14(2)18-6-9-28(3)26-18;/h6,9-12,14,16,23H,4-5,7-8H2,1-3H3;1H/t14-;/m1./s1. The summed E-state index contributed by atoms with van der Waals surface area (Å²) in [4.78, 5) is 0. The van der Waals surface area contributed by atoms with Gasteiger partial charge in [-0.05, 0) is 51.9 Å². The molecule has 1 atom stereocenters. The van der Waals surface area contributed by atoms with E-state index in [2.05, 4.69) is 32.7 Å². The molecule has 0 aliphatic carbocycles. The van der Waals surface area contributed by atoms with Crippen LogP contribution in [0.5, 0.6) is 5.75 Å². The number of fused-ring (bicyclic) bond motifs is 1. The maximum atomic E-state index is 6.43. The van der Waals surface area contributed by atoms with Crippen LogP contribution in [0.4, 0.5) is 0 Å². The highest BCUT2D eigenvalue weighted by Crippen LogP contribution is 2.35. The maximum absolute atomic E-state index is 6.43. The molecular weight excluding hydrogens is 451 g/mol. The number of rotatable bonds is 5. The monoisotopic (exact) mass is 476 g/mol. The Balaban J connectivity index is 0.00000245. The Bertz CT molecular complexity index is 1220. The smallest absolute Gasteiger partial charge is 0.148 e. The molecule has 0 saturated carbocycles. The van der Waals surface area contributed by atoms with Gasteiger partial charge in [0, 0.05) is 25.0 Å². The van der Waals surface area contributed by atoms with Crippen molar-refractivity contribution in [2.45, 2.75) is 38.8 Å². The van der Waals surface area contributed by atoms with Crippen LogP contribution in [-0.4, -0.2) is 47.5 Å². The number of piperidine rings is 1. The van der Waals surface area contributed by atoms with Crippen LogP contribution in [0.1, 0.15) is 43.3 Å². The number of aromatic nitrogens is 7. The fraction of sp³-hybridized carbons (Fsp3) is 0.429. The highest BCUT2D eigenvalue weighted by molar-refractivity contribution is 6.34. The second kappa shape index (κ2) is 9.09. The molecule has 4 aromatic heterocycles. The zero-order valence-electron chi connectivity index (χ0n) is 18.2. The summed E-state index contributed by atoms with van der Waals surface area (Å²) >= 11 is 6.43. The molecule has 0 bridgehead atoms. The Labute approximate surface area is 197 Å². The molecule has 1 fully saturated rings. The molecule has 0 radical (unpaired) electrons. The highest BCUT2D eigenvalue weighted by Gasteiger charge is 2.23. The minimum absolute atomic E-state index is 0. The molecule has 1 N–H and O–H groups in total. The van der Waals surface area contributed by atoms with E-state index in [0.29, 0.717) is 16.8 Å². The summed E-state index contributed by atoms with van der Waals surface area (Å²) in [5.74, 6) is 0.633. The van der Waals surface area contributed by atoms with Crippen LogP contribution in [0.15, 0.2) is 30.7 Å². The average molecular weight is 477 g/mol. The van der Waals surface area contributed by atoms with Crippen LogP contribution in [-0.2, 0) is 7.05 Å². The van der Waals surface area contributed by atoms with Gasteiger partial charge in [-0.25, -0.2) is 9.20 Å². The molecule has 9 nitrogen and oxygen atoms in total. The van der Waals surface area contributed by atoms with Gasteiger partial charge in [-0.1, -0.05) is 16.8 Å². The van der Waals surface area contributed by atoms with Gasteiger partial charge in [-0.2, -0.15) is 10.2 Å². The van der Waals surface area contributed by atoms with Gasteiger partial charge in [0.2, 0.25) is 0 Å². The number of halogens is 2. The van der Waals surface area contributed by atoms with Crippen molar-refractivity contribution in [1.29, 1.82) is 0 Å². The molecule has 1 aliphatic rings. The zero-order chi connectivity index (χ0) is 21.5. The van der Waals surface area contributed by atoms with E-state index in [1.165, 1.54) is 0 Å². The lowest BCUT2D eigenvalue weighted by Gasteiger charge is -2.23. The minimum Gasteiger partial charge on any atom is -0.482 e. The van der Waals surface area contributed by atoms with Crippen molar-refractivity contribution >= 4 is 29.5 Å². The summed E-state index contributed by atoms with van der Waals surface area (Å²) < 4.78 is 11.9. The summed E-state index contributed by atoms with van der Waals surface area (Å²) in [5.41, 5.74) is 4.30. The lowest BCUT2D eigenvalue weighted by atomic mass is 10.1. The molecule has 11 heteroatoms. The normalized spacial score (nSPS) is 15.6. The van der Waals surface area contributed by atoms with E-state index in [4.69, 9.17) is 16.3 Å². The van der Waals surface area contributed by atoms with Gasteiger partial charge in [0.05, 0.1) is 23.0 Å². The van der Waals surface area contributed by atoms with E-state index in [1.54, 1.807) is 15.4 Å². The molecule has 0 unspecified atom stereocenters. The molecule has 0 amide bonds. The van der Waals surface area contributed by atoms with Crippen molar-refractivity contribution in [1.82, 2.24) is 39.7 Å². The first-order chi connectivity index (χ1) is 15.0. The Morgan fingerprint density at radius 2 is 2.06 bits per heavy atom. The molecule has 1 saturated heterocycles. The number of hydrogen-bond donors (Lipinski definition) is 1. The van der Waals surface area contributed by atoms with Gasteiger partial charge < -0.3 is 10.1 Å². The van der Waals surface area contributed by atoms with Crippen molar-refractivity contribution in [3.05, 3.63) is 47.1 Å². The zero-order valence-corrected chi connectivity index (χ0v) is 19.8. The number of nitrogens with one attached hydrogen (secondary N) is 1. The molecule has 0 spiro atoms. The van der Waals surface area contributed by atoms with Gasteiger partial charge in [0.15, 0.2) is 0 Å². The maximum Gasteiger partial charge on any atom is 0.148 e. The van der Waals surface area contributed by atoms with E-state index in [-0.39, 0.29) is 18.5 Å². The predicted octanol–water partition coefficient (Wildman–Crippen LogP) is 3.77. The minimum atomic E-state index is -0.252. The first kappa shape index (κ1) is 22.6. The molecular formula is C21H26Cl2N8O. The second-order valence-corrected chi connectivity index (χ2v) is 8.41. The van der Waals surface area contributed by atoms with Crippen LogP contribution in [0, 0.1) is 6.92 Å². The van der Waals surface area contributed by atoms with Crippen LogP contribution in [0.2, 0.25) is 5.02 Å². The summed E-state index contributed by atoms with van der Waals surface area (Å²) in [7, 11) is 1.89. The van der Waals surface area contributed by atoms with Gasteiger partial charge in [-0.15, -0.1) is 17.5 Å². The summed E-state index contributed by atoms with van der Waals surface area (Å²) in [6.07, 6.45) is 7.29. The number of ether oxygens (including phenoxy) is 1. The van der Waals surface area contributed by atoms with Crippen LogP contribution in [0.25, 0.3) is 16.8 Å². The number of aryl methyl sites for hydroxylation is 1. The molecule has 32 heavy (non-hydrogen) atoms. The van der Waals surface area contributed by atoms with Gasteiger partial charge in [0.25, 0.3) is 0 Å². The molecule has 4 aromatic rings. The van der Waals surface area contributed by atoms with E-state index < -0.39 is 0 Å². The fourth-order valence-electron chi connectivity index (χ4n) is 4.17. The van der Waals surface area contributed by atoms with E-state index in [1.807, 2.05) is 43.2 Å². The third-order valence-corrected chi connectivity index (χ3v) is 6.12. The summed E-state index contributed by atoms with van der Waals surface area (Å²) in [6, 6.07) is 4.27. The molecule has 5 heterocycles. The number of hydrogen-bond acceptors (Lipinski definition) is 6. The van der Waals surface area contributed by atoms with E-state index in [9.17, 15) is 0 Å². The Kier molecular flexibility index (Phi) is 6.41. The van der Waals surface area contributed by atoms with Crippen LogP contribution in [0.3, 0.4) is 0 Å². The van der Waals surface area contributed by atoms with E-state index >= 15 is 0 Å². The second-order valence-electron chi connectivity index (χ2n) is 8.00. The molecule has 1 aliphatic heterocycles. The molecule has 0 aromatic carbocycles. The Morgan fingerprint density at radius 1 is 1.28 bits per heavy atom. The van der Waals surface area contributed by atoms with Gasteiger partial charge in [0.1, 0.15) is 28.8 Å². The van der Waals surface area contributed by atoms with Crippen molar-refractivity contribution in [2.75, 3.05) is 13.1 Å². The lowest BCUT2D eigenvalue weighted by Crippen LogP contribution is -2.30. The van der Waals surface area contributed by atoms with Gasteiger partial charge in [-0.3, -0.25) is 4.68 Å². The highest BCUT2D eigenvalue weighted by atomic mass is 35.5. The first-order valence-electron chi connectivity index (χ1n) is 10.5. The van der Waals surface area contributed by atoms with Crippen molar-refractivity contribution < 1.29 is 4.74 Å². The Hall–Kier alpha value is -2.62. The van der Waals surface area contributed by atoms with Crippen molar-refractivity contribution in [3.63, 3.8) is 0 Å². The topological polar surface area (TPSA) is 87.1 Å². The number of pyridine rings is 1.